The number of hydrogen-bond donors (Lipinski definition) is 1. The van der Waals surface area contributed by atoms with Gasteiger partial charge in [-0.1, -0.05) is 0 Å². The maximum atomic E-state index is 11.1. The number of nitrogens with zero attached hydrogens (tertiary/aromatic N) is 1. The lowest BCUT2D eigenvalue weighted by Gasteiger charge is -2.04. The zero-order valence-corrected chi connectivity index (χ0v) is 8.48. The molecule has 1 N–H and O–H groups in total. The molecule has 0 fully saturated rings. The lowest BCUT2D eigenvalue weighted by atomic mass is 10.5. The first-order valence-electron chi connectivity index (χ1n) is 4.05. The van der Waals surface area contributed by atoms with Crippen molar-refractivity contribution in [3.05, 3.63) is 16.7 Å². The molecule has 0 saturated carbocycles. The van der Waals surface area contributed by atoms with E-state index in [9.17, 15) is 4.79 Å². The van der Waals surface area contributed by atoms with E-state index in [-0.39, 0.29) is 12.5 Å². The van der Waals surface area contributed by atoms with Crippen LogP contribution in [-0.2, 0) is 16.1 Å². The standard InChI is InChI=1S/C8H12N2O2S/c1-3-12-7(11)5-10-6(2)4-9-8(10)13/h4H,3,5H2,1-2H3,(H,9,13). The van der Waals surface area contributed by atoms with Gasteiger partial charge < -0.3 is 14.3 Å². The van der Waals surface area contributed by atoms with Gasteiger partial charge >= 0.3 is 5.97 Å². The van der Waals surface area contributed by atoms with Gasteiger partial charge in [0.15, 0.2) is 4.77 Å². The minimum absolute atomic E-state index is 0.183. The van der Waals surface area contributed by atoms with E-state index in [1.165, 1.54) is 0 Å². The maximum absolute atomic E-state index is 11.1. The van der Waals surface area contributed by atoms with Crippen molar-refractivity contribution >= 4 is 18.2 Å². The number of carbonyl (C=O) groups is 1. The molecule has 1 heterocycles. The summed E-state index contributed by atoms with van der Waals surface area (Å²) in [6.07, 6.45) is 1.77. The van der Waals surface area contributed by atoms with E-state index >= 15 is 0 Å². The van der Waals surface area contributed by atoms with Gasteiger partial charge in [0.25, 0.3) is 0 Å². The Labute approximate surface area is 81.5 Å². The van der Waals surface area contributed by atoms with Gasteiger partial charge in [0.1, 0.15) is 6.54 Å². The molecule has 72 valence electrons. The SMILES string of the molecule is CCOC(=O)Cn1c(C)c[nH]c1=S. The van der Waals surface area contributed by atoms with Gasteiger partial charge in [-0.2, -0.15) is 0 Å². The first-order valence-corrected chi connectivity index (χ1v) is 4.46. The molecule has 1 aromatic heterocycles. The zero-order valence-electron chi connectivity index (χ0n) is 7.66. The Hall–Kier alpha value is -1.10. The van der Waals surface area contributed by atoms with Gasteiger partial charge in [0, 0.05) is 11.9 Å². The second-order valence-corrected chi connectivity index (χ2v) is 3.01. The molecular weight excluding hydrogens is 188 g/mol. The Morgan fingerprint density at radius 3 is 2.92 bits per heavy atom. The summed E-state index contributed by atoms with van der Waals surface area (Å²) in [6, 6.07) is 0. The van der Waals surface area contributed by atoms with Gasteiger partial charge in [0.2, 0.25) is 0 Å². The second kappa shape index (κ2) is 4.23. The summed E-state index contributed by atoms with van der Waals surface area (Å²) >= 11 is 4.98. The fraction of sp³-hybridized carbons (Fsp3) is 0.500. The average Bonchev–Trinajstić information content (AvgIpc) is 2.36. The highest BCUT2D eigenvalue weighted by Gasteiger charge is 2.05. The van der Waals surface area contributed by atoms with Crippen molar-refractivity contribution in [2.45, 2.75) is 20.4 Å². The normalized spacial score (nSPS) is 10.0. The van der Waals surface area contributed by atoms with Crippen molar-refractivity contribution in [2.24, 2.45) is 0 Å². The van der Waals surface area contributed by atoms with Gasteiger partial charge in [-0.15, -0.1) is 0 Å². The van der Waals surface area contributed by atoms with Crippen LogP contribution in [0.5, 0.6) is 0 Å². The Balaban J connectivity index is 2.74. The van der Waals surface area contributed by atoms with E-state index in [1.807, 2.05) is 6.92 Å². The molecule has 4 nitrogen and oxygen atoms in total. The summed E-state index contributed by atoms with van der Waals surface area (Å²) in [4.78, 5) is 14.0. The molecule has 13 heavy (non-hydrogen) atoms. The quantitative estimate of drug-likeness (QED) is 0.593. The van der Waals surface area contributed by atoms with E-state index in [4.69, 9.17) is 17.0 Å². The number of carbonyl (C=O) groups excluding carboxylic acids is 1. The van der Waals surface area contributed by atoms with Gasteiger partial charge in [-0.25, -0.2) is 0 Å². The van der Waals surface area contributed by atoms with E-state index < -0.39 is 0 Å². The summed E-state index contributed by atoms with van der Waals surface area (Å²) in [5, 5.41) is 0. The lowest BCUT2D eigenvalue weighted by Crippen LogP contribution is -2.14. The summed E-state index contributed by atoms with van der Waals surface area (Å²) < 4.78 is 7.05. The number of esters is 1. The number of rotatable bonds is 3. The number of aromatic nitrogens is 2. The Morgan fingerprint density at radius 2 is 2.46 bits per heavy atom. The molecule has 0 spiro atoms. The molecule has 1 aromatic rings. The van der Waals surface area contributed by atoms with Crippen LogP contribution in [0.15, 0.2) is 6.20 Å². The van der Waals surface area contributed by atoms with Crippen LogP contribution in [0, 0.1) is 11.7 Å². The van der Waals surface area contributed by atoms with Crippen molar-refractivity contribution < 1.29 is 9.53 Å². The summed E-state index contributed by atoms with van der Waals surface area (Å²) in [5.74, 6) is -0.263. The summed E-state index contributed by atoms with van der Waals surface area (Å²) in [5.41, 5.74) is 0.929. The van der Waals surface area contributed by atoms with Crippen LogP contribution in [0.1, 0.15) is 12.6 Å². The average molecular weight is 200 g/mol. The van der Waals surface area contributed by atoms with Gasteiger partial charge in [-0.3, -0.25) is 4.79 Å². The molecule has 5 heteroatoms. The van der Waals surface area contributed by atoms with E-state index in [0.29, 0.717) is 11.4 Å². The van der Waals surface area contributed by atoms with Crippen molar-refractivity contribution in [3.63, 3.8) is 0 Å². The Bertz CT molecular complexity index is 353. The monoisotopic (exact) mass is 200 g/mol. The van der Waals surface area contributed by atoms with Crippen molar-refractivity contribution in [2.75, 3.05) is 6.61 Å². The van der Waals surface area contributed by atoms with E-state index in [1.54, 1.807) is 17.7 Å². The molecule has 0 bridgehead atoms. The summed E-state index contributed by atoms with van der Waals surface area (Å²) in [7, 11) is 0. The molecule has 1 rings (SSSR count). The van der Waals surface area contributed by atoms with E-state index in [2.05, 4.69) is 4.98 Å². The molecule has 0 amide bonds. The number of nitrogens with one attached hydrogen (secondary N) is 1. The number of hydrogen-bond acceptors (Lipinski definition) is 3. The molecular formula is C8H12N2O2S. The Kier molecular flexibility index (Phi) is 3.25. The number of H-pyrrole nitrogens is 1. The minimum Gasteiger partial charge on any atom is -0.465 e. The van der Waals surface area contributed by atoms with Crippen LogP contribution in [0.2, 0.25) is 0 Å². The molecule has 0 aliphatic heterocycles. The number of imidazole rings is 1. The van der Waals surface area contributed by atoms with Gasteiger partial charge in [-0.05, 0) is 26.1 Å². The number of ether oxygens (including phenoxy) is 1. The number of aryl methyl sites for hydroxylation is 1. The maximum Gasteiger partial charge on any atom is 0.326 e. The molecule has 0 atom stereocenters. The highest BCUT2D eigenvalue weighted by molar-refractivity contribution is 7.71. The predicted molar refractivity (Wildman–Crippen MR) is 51.0 cm³/mol. The van der Waals surface area contributed by atoms with Crippen LogP contribution in [-0.4, -0.2) is 22.1 Å². The highest BCUT2D eigenvalue weighted by Crippen LogP contribution is 1.99. The highest BCUT2D eigenvalue weighted by atomic mass is 32.1. The summed E-state index contributed by atoms with van der Waals surface area (Å²) in [6.45, 7) is 4.24. The Morgan fingerprint density at radius 1 is 1.77 bits per heavy atom. The lowest BCUT2D eigenvalue weighted by molar-refractivity contribution is -0.143. The van der Waals surface area contributed by atoms with Crippen LogP contribution in [0.25, 0.3) is 0 Å². The van der Waals surface area contributed by atoms with Crippen molar-refractivity contribution in [1.29, 1.82) is 0 Å². The fourth-order valence-electron chi connectivity index (χ4n) is 1.01. The van der Waals surface area contributed by atoms with Crippen molar-refractivity contribution in [1.82, 2.24) is 9.55 Å². The largest absolute Gasteiger partial charge is 0.465 e. The van der Waals surface area contributed by atoms with Crippen LogP contribution < -0.4 is 0 Å². The first-order chi connectivity index (χ1) is 6.15. The first kappa shape index (κ1) is 9.98. The predicted octanol–water partition coefficient (Wildman–Crippen LogP) is 1.42. The molecule has 0 saturated heterocycles. The second-order valence-electron chi connectivity index (χ2n) is 2.63. The third-order valence-electron chi connectivity index (χ3n) is 1.67. The van der Waals surface area contributed by atoms with Crippen LogP contribution in [0.3, 0.4) is 0 Å². The van der Waals surface area contributed by atoms with Crippen LogP contribution >= 0.6 is 12.2 Å². The van der Waals surface area contributed by atoms with Gasteiger partial charge in [0.05, 0.1) is 6.61 Å². The molecule has 0 radical (unpaired) electrons. The number of aromatic amines is 1. The smallest absolute Gasteiger partial charge is 0.326 e. The topological polar surface area (TPSA) is 47.0 Å². The molecule has 0 aliphatic carbocycles. The molecule has 0 unspecified atom stereocenters. The fourth-order valence-corrected chi connectivity index (χ4v) is 1.28. The molecule has 0 aromatic carbocycles. The third-order valence-corrected chi connectivity index (χ3v) is 2.01. The molecule has 0 aliphatic rings. The van der Waals surface area contributed by atoms with Crippen LogP contribution in [0.4, 0.5) is 0 Å². The van der Waals surface area contributed by atoms with E-state index in [0.717, 1.165) is 5.69 Å². The minimum atomic E-state index is -0.263. The van der Waals surface area contributed by atoms with Crippen molar-refractivity contribution in [3.8, 4) is 0 Å². The zero-order chi connectivity index (χ0) is 9.84. The third kappa shape index (κ3) is 2.42.